The van der Waals surface area contributed by atoms with Crippen molar-refractivity contribution >= 4 is 0 Å². The van der Waals surface area contributed by atoms with Gasteiger partial charge in [0.2, 0.25) is 0 Å². The smallest absolute Gasteiger partial charge is 0.146 e. The fraction of sp³-hybridized carbons (Fsp3) is 0.842. The van der Waals surface area contributed by atoms with Crippen LogP contribution in [-0.2, 0) is 0 Å². The van der Waals surface area contributed by atoms with Crippen LogP contribution in [0.1, 0.15) is 39.0 Å². The van der Waals surface area contributed by atoms with Gasteiger partial charge in [-0.1, -0.05) is 12.2 Å². The Morgan fingerprint density at radius 1 is 0.913 bits per heavy atom. The van der Waals surface area contributed by atoms with Gasteiger partial charge >= 0.3 is 0 Å². The highest BCUT2D eigenvalue weighted by Crippen LogP contribution is 2.17. The maximum absolute atomic E-state index is 3.58. The second kappa shape index (κ2) is 9.16. The van der Waals surface area contributed by atoms with Crippen molar-refractivity contribution < 1.29 is 0 Å². The van der Waals surface area contributed by atoms with Crippen molar-refractivity contribution in [1.82, 2.24) is 19.6 Å². The Bertz CT molecular complexity index is 370. The molecule has 130 valence electrons. The first-order valence-corrected chi connectivity index (χ1v) is 9.69. The van der Waals surface area contributed by atoms with E-state index in [0.717, 1.165) is 12.6 Å². The monoisotopic (exact) mass is 318 g/mol. The quantitative estimate of drug-likeness (QED) is 0.636. The van der Waals surface area contributed by atoms with Crippen LogP contribution >= 0.6 is 0 Å². The minimum absolute atomic E-state index is 0.808. The summed E-state index contributed by atoms with van der Waals surface area (Å²) in [5, 5.41) is 0. The molecule has 0 spiro atoms. The Hall–Kier alpha value is -0.420. The molecule has 0 bridgehead atoms. The van der Waals surface area contributed by atoms with Crippen LogP contribution in [0, 0.1) is 6.67 Å². The number of likely N-dealkylation sites (tertiary alicyclic amines) is 1. The van der Waals surface area contributed by atoms with E-state index in [1.807, 2.05) is 0 Å². The third kappa shape index (κ3) is 5.56. The van der Waals surface area contributed by atoms with E-state index in [1.54, 1.807) is 0 Å². The van der Waals surface area contributed by atoms with Gasteiger partial charge in [-0.3, -0.25) is 14.7 Å². The number of nitrogens with zero attached hydrogens (tertiary/aromatic N) is 4. The van der Waals surface area contributed by atoms with Crippen LogP contribution in [0.15, 0.2) is 12.2 Å². The molecule has 2 saturated heterocycles. The van der Waals surface area contributed by atoms with E-state index in [0.29, 0.717) is 0 Å². The molecule has 2 fully saturated rings. The molecule has 3 heterocycles. The van der Waals surface area contributed by atoms with E-state index in [9.17, 15) is 0 Å². The maximum atomic E-state index is 3.58. The molecule has 0 saturated carbocycles. The highest BCUT2D eigenvalue weighted by atomic mass is 15.4. The van der Waals surface area contributed by atoms with Gasteiger partial charge in [-0.2, -0.15) is 0 Å². The zero-order valence-corrected chi connectivity index (χ0v) is 14.9. The van der Waals surface area contributed by atoms with E-state index in [1.165, 1.54) is 84.5 Å². The molecule has 3 rings (SSSR count). The molecule has 3 aliphatic heterocycles. The molecule has 4 nitrogen and oxygen atoms in total. The number of hydrogen-bond acceptors (Lipinski definition) is 4. The first-order valence-electron chi connectivity index (χ1n) is 9.69. The van der Waals surface area contributed by atoms with Gasteiger partial charge in [0.05, 0.1) is 0 Å². The predicted octanol–water partition coefficient (Wildman–Crippen LogP) is 2.13. The lowest BCUT2D eigenvalue weighted by Crippen LogP contribution is -2.31. The van der Waals surface area contributed by atoms with Crippen molar-refractivity contribution in [1.29, 1.82) is 0 Å². The minimum Gasteiger partial charge on any atom is -0.301 e. The lowest BCUT2D eigenvalue weighted by Gasteiger charge is -2.24. The Morgan fingerprint density at radius 2 is 1.70 bits per heavy atom. The van der Waals surface area contributed by atoms with Gasteiger partial charge in [0.1, 0.15) is 6.67 Å². The molecule has 0 aromatic heterocycles. The van der Waals surface area contributed by atoms with Crippen LogP contribution < -0.4 is 0 Å². The summed E-state index contributed by atoms with van der Waals surface area (Å²) in [7, 11) is 0. The topological polar surface area (TPSA) is 13.0 Å². The van der Waals surface area contributed by atoms with Gasteiger partial charge in [-0.05, 0) is 58.7 Å². The predicted molar refractivity (Wildman–Crippen MR) is 96.1 cm³/mol. The summed E-state index contributed by atoms with van der Waals surface area (Å²) in [6.45, 7) is 16.8. The molecule has 23 heavy (non-hydrogen) atoms. The lowest BCUT2D eigenvalue weighted by atomic mass is 10.2. The molecule has 1 unspecified atom stereocenters. The number of hydrogen-bond donors (Lipinski definition) is 0. The fourth-order valence-corrected chi connectivity index (χ4v) is 4.03. The normalized spacial score (nSPS) is 28.1. The SMILES string of the molecule is CC1CCCN1CCCN1[C]N(CCCN2CC=CCC2)CC1. The third-order valence-electron chi connectivity index (χ3n) is 5.53. The van der Waals surface area contributed by atoms with Crippen LogP contribution in [0.4, 0.5) is 0 Å². The highest BCUT2D eigenvalue weighted by Gasteiger charge is 2.23. The zero-order valence-electron chi connectivity index (χ0n) is 14.9. The summed E-state index contributed by atoms with van der Waals surface area (Å²) >= 11 is 0. The van der Waals surface area contributed by atoms with Crippen LogP contribution in [-0.4, -0.2) is 84.5 Å². The van der Waals surface area contributed by atoms with Gasteiger partial charge in [-0.25, -0.2) is 0 Å². The van der Waals surface area contributed by atoms with Gasteiger partial charge in [0.25, 0.3) is 0 Å². The summed E-state index contributed by atoms with van der Waals surface area (Å²) in [4.78, 5) is 10.0. The molecule has 3 aliphatic rings. The number of rotatable bonds is 8. The van der Waals surface area contributed by atoms with Crippen LogP contribution in [0.3, 0.4) is 0 Å². The van der Waals surface area contributed by atoms with Crippen molar-refractivity contribution in [3.05, 3.63) is 18.8 Å². The minimum atomic E-state index is 0.808. The summed E-state index contributed by atoms with van der Waals surface area (Å²) in [5.74, 6) is 0. The molecule has 0 N–H and O–H groups in total. The van der Waals surface area contributed by atoms with E-state index < -0.39 is 0 Å². The molecule has 4 heteroatoms. The van der Waals surface area contributed by atoms with E-state index in [-0.39, 0.29) is 0 Å². The molecule has 1 atom stereocenters. The Labute approximate surface area is 143 Å². The first-order chi connectivity index (χ1) is 11.3. The van der Waals surface area contributed by atoms with Crippen LogP contribution in [0.25, 0.3) is 0 Å². The fourth-order valence-electron chi connectivity index (χ4n) is 4.03. The van der Waals surface area contributed by atoms with Gasteiger partial charge in [-0.15, -0.1) is 0 Å². The van der Waals surface area contributed by atoms with Crippen molar-refractivity contribution in [2.24, 2.45) is 0 Å². The van der Waals surface area contributed by atoms with E-state index in [2.05, 4.69) is 45.3 Å². The Morgan fingerprint density at radius 3 is 2.35 bits per heavy atom. The molecule has 0 aromatic carbocycles. The first kappa shape index (κ1) is 17.4. The second-order valence-corrected chi connectivity index (χ2v) is 7.37. The van der Waals surface area contributed by atoms with Crippen molar-refractivity contribution in [3.8, 4) is 0 Å². The highest BCUT2D eigenvalue weighted by molar-refractivity contribution is 4.90. The molecule has 0 aliphatic carbocycles. The summed E-state index contributed by atoms with van der Waals surface area (Å²) < 4.78 is 0. The second-order valence-electron chi connectivity index (χ2n) is 7.37. The third-order valence-corrected chi connectivity index (χ3v) is 5.53. The van der Waals surface area contributed by atoms with Crippen molar-refractivity contribution in [2.45, 2.75) is 45.1 Å². The van der Waals surface area contributed by atoms with E-state index in [4.69, 9.17) is 0 Å². The van der Waals surface area contributed by atoms with Crippen molar-refractivity contribution in [3.63, 3.8) is 0 Å². The Balaban J connectivity index is 1.23. The molecule has 0 amide bonds. The molecule has 2 radical (unpaired) electrons. The van der Waals surface area contributed by atoms with Gasteiger partial charge < -0.3 is 4.90 Å². The molecular weight excluding hydrogens is 284 g/mol. The average Bonchev–Trinajstić information content (AvgIpc) is 3.18. The van der Waals surface area contributed by atoms with Crippen molar-refractivity contribution in [2.75, 3.05) is 58.9 Å². The summed E-state index contributed by atoms with van der Waals surface area (Å²) in [5.41, 5.74) is 0. The summed E-state index contributed by atoms with van der Waals surface area (Å²) in [6, 6.07) is 0.808. The van der Waals surface area contributed by atoms with Gasteiger partial charge in [0, 0.05) is 45.3 Å². The van der Waals surface area contributed by atoms with E-state index >= 15 is 0 Å². The lowest BCUT2D eigenvalue weighted by molar-refractivity contribution is 0.240. The average molecular weight is 319 g/mol. The largest absolute Gasteiger partial charge is 0.301 e. The Kier molecular flexibility index (Phi) is 6.94. The maximum Gasteiger partial charge on any atom is 0.146 e. The van der Waals surface area contributed by atoms with Crippen LogP contribution in [0.2, 0.25) is 0 Å². The molecular formula is C19H34N4. The van der Waals surface area contributed by atoms with Crippen LogP contribution in [0.5, 0.6) is 0 Å². The molecule has 0 aromatic rings. The zero-order chi connectivity index (χ0) is 15.9. The van der Waals surface area contributed by atoms with Gasteiger partial charge in [0.15, 0.2) is 0 Å². The summed E-state index contributed by atoms with van der Waals surface area (Å²) in [6.07, 6.45) is 11.2. The standard InChI is InChI=1S/C19H34N4/c1-19-8-5-14-23(19)15-7-13-22-17-16-21(18-22)12-6-11-20-9-3-2-4-10-20/h2-3,19H,4-17H2,1H3.